The van der Waals surface area contributed by atoms with Crippen LogP contribution in [0.1, 0.15) is 16.2 Å². The lowest BCUT2D eigenvalue weighted by Crippen LogP contribution is -2.28. The number of hydrogen-bond acceptors (Lipinski definition) is 2. The fourth-order valence-corrected chi connectivity index (χ4v) is 1.57. The van der Waals surface area contributed by atoms with Gasteiger partial charge in [-0.05, 0) is 12.1 Å². The lowest BCUT2D eigenvalue weighted by atomic mass is 10.1. The molecule has 1 heterocycles. The summed E-state index contributed by atoms with van der Waals surface area (Å²) in [5, 5.41) is 0. The Kier molecular flexibility index (Phi) is 3.36. The van der Waals surface area contributed by atoms with Crippen LogP contribution in [0.3, 0.4) is 0 Å². The molecule has 0 radical (unpaired) electrons. The normalized spacial score (nSPS) is 10.4. The van der Waals surface area contributed by atoms with Gasteiger partial charge in [0, 0.05) is 19.4 Å². The van der Waals surface area contributed by atoms with Crippen molar-refractivity contribution in [3.8, 4) is 0 Å². The quantitative estimate of drug-likeness (QED) is 0.906. The summed E-state index contributed by atoms with van der Waals surface area (Å²) in [6, 6.07) is 3.32. The van der Waals surface area contributed by atoms with E-state index in [4.69, 9.17) is 0 Å². The molecular weight excluding hydrogens is 240 g/mol. The molecule has 0 aliphatic rings. The van der Waals surface area contributed by atoms with E-state index >= 15 is 0 Å². The summed E-state index contributed by atoms with van der Waals surface area (Å²) >= 11 is 0. The second kappa shape index (κ2) is 4.95. The van der Waals surface area contributed by atoms with Crippen LogP contribution >= 0.6 is 0 Å². The number of amides is 1. The molecule has 2 rings (SSSR count). The Morgan fingerprint density at radius 3 is 2.61 bits per heavy atom. The van der Waals surface area contributed by atoms with Crippen molar-refractivity contribution in [2.45, 2.75) is 6.54 Å². The zero-order valence-electron chi connectivity index (χ0n) is 9.65. The topological polar surface area (TPSA) is 49.0 Å². The Bertz CT molecular complexity index is 534. The van der Waals surface area contributed by atoms with Crippen molar-refractivity contribution in [2.75, 3.05) is 7.05 Å². The summed E-state index contributed by atoms with van der Waals surface area (Å²) in [4.78, 5) is 19.9. The SMILES string of the molecule is CN(Cc1ncc[nH]1)C(=O)c1c(F)cccc1F. The van der Waals surface area contributed by atoms with E-state index < -0.39 is 23.1 Å². The number of halogens is 2. The number of aromatic nitrogens is 2. The molecule has 4 nitrogen and oxygen atoms in total. The van der Waals surface area contributed by atoms with Crippen LogP contribution in [0.15, 0.2) is 30.6 Å². The van der Waals surface area contributed by atoms with Crippen molar-refractivity contribution >= 4 is 5.91 Å². The number of H-pyrrole nitrogens is 1. The van der Waals surface area contributed by atoms with Gasteiger partial charge < -0.3 is 9.88 Å². The summed E-state index contributed by atoms with van der Waals surface area (Å²) in [5.74, 6) is -1.91. The van der Waals surface area contributed by atoms with Gasteiger partial charge in [-0.1, -0.05) is 6.07 Å². The minimum Gasteiger partial charge on any atom is -0.347 e. The van der Waals surface area contributed by atoms with Crippen LogP contribution in [-0.2, 0) is 6.54 Å². The van der Waals surface area contributed by atoms with E-state index in [-0.39, 0.29) is 6.54 Å². The molecular formula is C12H11F2N3O. The van der Waals surface area contributed by atoms with Crippen molar-refractivity contribution in [1.29, 1.82) is 0 Å². The van der Waals surface area contributed by atoms with E-state index in [1.807, 2.05) is 0 Å². The minimum atomic E-state index is -0.869. The van der Waals surface area contributed by atoms with Crippen molar-refractivity contribution in [1.82, 2.24) is 14.9 Å². The number of nitrogens with zero attached hydrogens (tertiary/aromatic N) is 2. The van der Waals surface area contributed by atoms with Crippen LogP contribution in [-0.4, -0.2) is 27.8 Å². The number of aromatic amines is 1. The van der Waals surface area contributed by atoms with Crippen molar-refractivity contribution in [3.63, 3.8) is 0 Å². The first-order valence-corrected chi connectivity index (χ1v) is 5.27. The third-order valence-corrected chi connectivity index (χ3v) is 2.47. The largest absolute Gasteiger partial charge is 0.347 e. The van der Waals surface area contributed by atoms with E-state index in [2.05, 4.69) is 9.97 Å². The molecule has 0 unspecified atom stereocenters. The molecule has 0 saturated carbocycles. The van der Waals surface area contributed by atoms with Crippen molar-refractivity contribution in [3.05, 3.63) is 53.6 Å². The first kappa shape index (κ1) is 12.2. The minimum absolute atomic E-state index is 0.152. The van der Waals surface area contributed by atoms with Gasteiger partial charge in [0.1, 0.15) is 23.0 Å². The predicted octanol–water partition coefficient (Wildman–Crippen LogP) is 1.96. The zero-order chi connectivity index (χ0) is 13.1. The average Bonchev–Trinajstić information content (AvgIpc) is 2.81. The molecule has 6 heteroatoms. The number of benzene rings is 1. The molecule has 0 spiro atoms. The maximum atomic E-state index is 13.4. The van der Waals surface area contributed by atoms with Gasteiger partial charge >= 0.3 is 0 Å². The third-order valence-electron chi connectivity index (χ3n) is 2.47. The highest BCUT2D eigenvalue weighted by atomic mass is 19.1. The lowest BCUT2D eigenvalue weighted by molar-refractivity contribution is 0.0772. The number of hydrogen-bond donors (Lipinski definition) is 1. The van der Waals surface area contributed by atoms with Crippen LogP contribution in [0.25, 0.3) is 0 Å². The second-order valence-electron chi connectivity index (χ2n) is 3.79. The van der Waals surface area contributed by atoms with Crippen LogP contribution in [0.5, 0.6) is 0 Å². The monoisotopic (exact) mass is 251 g/mol. The van der Waals surface area contributed by atoms with E-state index in [1.54, 1.807) is 6.20 Å². The maximum absolute atomic E-state index is 13.4. The lowest BCUT2D eigenvalue weighted by Gasteiger charge is -2.16. The van der Waals surface area contributed by atoms with E-state index in [1.165, 1.54) is 24.2 Å². The molecule has 1 aromatic heterocycles. The van der Waals surface area contributed by atoms with Gasteiger partial charge in [0.25, 0.3) is 5.91 Å². The second-order valence-corrected chi connectivity index (χ2v) is 3.79. The molecule has 0 saturated heterocycles. The van der Waals surface area contributed by atoms with Gasteiger partial charge in [0.2, 0.25) is 0 Å². The van der Waals surface area contributed by atoms with Crippen LogP contribution in [0.4, 0.5) is 8.78 Å². The number of nitrogens with one attached hydrogen (secondary N) is 1. The third kappa shape index (κ3) is 2.37. The van der Waals surface area contributed by atoms with Gasteiger partial charge in [-0.15, -0.1) is 0 Å². The van der Waals surface area contributed by atoms with Crippen LogP contribution < -0.4 is 0 Å². The number of rotatable bonds is 3. The van der Waals surface area contributed by atoms with Crippen molar-refractivity contribution < 1.29 is 13.6 Å². The molecule has 0 aliphatic carbocycles. The Labute approximate surface area is 102 Å². The molecule has 1 amide bonds. The Morgan fingerprint density at radius 2 is 2.06 bits per heavy atom. The maximum Gasteiger partial charge on any atom is 0.259 e. The fourth-order valence-electron chi connectivity index (χ4n) is 1.57. The molecule has 94 valence electrons. The Hall–Kier alpha value is -2.24. The smallest absolute Gasteiger partial charge is 0.259 e. The molecule has 18 heavy (non-hydrogen) atoms. The van der Waals surface area contributed by atoms with Crippen LogP contribution in [0, 0.1) is 11.6 Å². The van der Waals surface area contributed by atoms with Gasteiger partial charge in [-0.25, -0.2) is 13.8 Å². The molecule has 2 aromatic rings. The molecule has 1 N–H and O–H groups in total. The summed E-state index contributed by atoms with van der Waals surface area (Å²) in [7, 11) is 1.46. The summed E-state index contributed by atoms with van der Waals surface area (Å²) in [5.41, 5.74) is -0.549. The zero-order valence-corrected chi connectivity index (χ0v) is 9.65. The first-order chi connectivity index (χ1) is 8.59. The van der Waals surface area contributed by atoms with Gasteiger partial charge in [-0.3, -0.25) is 4.79 Å². The van der Waals surface area contributed by atoms with Gasteiger partial charge in [0.05, 0.1) is 6.54 Å². The summed E-state index contributed by atoms with van der Waals surface area (Å²) in [6.45, 7) is 0.152. The molecule has 0 atom stereocenters. The van der Waals surface area contributed by atoms with Crippen molar-refractivity contribution in [2.24, 2.45) is 0 Å². The molecule has 0 fully saturated rings. The standard InChI is InChI=1S/C12H11F2N3O/c1-17(7-10-15-5-6-16-10)12(18)11-8(13)3-2-4-9(11)14/h2-6H,7H2,1H3,(H,15,16). The van der Waals surface area contributed by atoms with E-state index in [9.17, 15) is 13.6 Å². The summed E-state index contributed by atoms with van der Waals surface area (Å²) < 4.78 is 26.9. The average molecular weight is 251 g/mol. The number of carbonyl (C=O) groups excluding carboxylic acids is 1. The van der Waals surface area contributed by atoms with Gasteiger partial charge in [-0.2, -0.15) is 0 Å². The van der Waals surface area contributed by atoms with Gasteiger partial charge in [0.15, 0.2) is 0 Å². The highest BCUT2D eigenvalue weighted by molar-refractivity contribution is 5.94. The number of imidazole rings is 1. The highest BCUT2D eigenvalue weighted by Gasteiger charge is 2.20. The fraction of sp³-hybridized carbons (Fsp3) is 0.167. The molecule has 0 bridgehead atoms. The predicted molar refractivity (Wildman–Crippen MR) is 60.7 cm³/mol. The number of carbonyl (C=O) groups is 1. The molecule has 0 aliphatic heterocycles. The highest BCUT2D eigenvalue weighted by Crippen LogP contribution is 2.14. The first-order valence-electron chi connectivity index (χ1n) is 5.27. The van der Waals surface area contributed by atoms with E-state index in [0.29, 0.717) is 5.82 Å². The molecule has 1 aromatic carbocycles. The van der Waals surface area contributed by atoms with E-state index in [0.717, 1.165) is 12.1 Å². The Morgan fingerprint density at radius 1 is 1.39 bits per heavy atom. The summed E-state index contributed by atoms with van der Waals surface area (Å²) in [6.07, 6.45) is 3.15. The van der Waals surface area contributed by atoms with Crippen LogP contribution in [0.2, 0.25) is 0 Å². The Balaban J connectivity index is 2.21.